The van der Waals surface area contributed by atoms with E-state index >= 15 is 0 Å². The fourth-order valence-electron chi connectivity index (χ4n) is 3.40. The summed E-state index contributed by atoms with van der Waals surface area (Å²) in [5.74, 6) is -1.79. The Hall–Kier alpha value is -2.99. The van der Waals surface area contributed by atoms with Gasteiger partial charge in [-0.05, 0) is 42.6 Å². The molecule has 2 heterocycles. The highest BCUT2D eigenvalue weighted by Crippen LogP contribution is 2.48. The zero-order valence-corrected chi connectivity index (χ0v) is 19.7. The van der Waals surface area contributed by atoms with Crippen LogP contribution in [0.3, 0.4) is 0 Å². The Morgan fingerprint density at radius 2 is 2.06 bits per heavy atom. The van der Waals surface area contributed by atoms with Crippen molar-refractivity contribution in [1.82, 2.24) is 10.3 Å². The molecule has 0 spiro atoms. The number of nitriles is 2. The van der Waals surface area contributed by atoms with E-state index in [1.54, 1.807) is 6.92 Å². The first kappa shape index (κ1) is 25.6. The van der Waals surface area contributed by atoms with Crippen LogP contribution in [0.25, 0.3) is 0 Å². The lowest BCUT2D eigenvalue weighted by atomic mass is 10.0. The summed E-state index contributed by atoms with van der Waals surface area (Å²) in [6.07, 6.45) is 0.134. The maximum atomic E-state index is 13.3. The van der Waals surface area contributed by atoms with Crippen LogP contribution in [0.4, 0.5) is 4.39 Å². The summed E-state index contributed by atoms with van der Waals surface area (Å²) < 4.78 is 36.3. The third-order valence-corrected chi connectivity index (χ3v) is 7.20. The number of benzene rings is 1. The second-order valence-electron chi connectivity index (χ2n) is 7.26. The lowest BCUT2D eigenvalue weighted by Crippen LogP contribution is -2.19. The zero-order chi connectivity index (χ0) is 24.9. The van der Waals surface area contributed by atoms with Crippen LogP contribution < -0.4 is 15.6 Å². The molecule has 1 aliphatic heterocycles. The lowest BCUT2D eigenvalue weighted by molar-refractivity contribution is -0.117. The first-order valence-corrected chi connectivity index (χ1v) is 12.6. The van der Waals surface area contributed by atoms with E-state index in [1.807, 2.05) is 12.1 Å². The number of amides is 1. The van der Waals surface area contributed by atoms with Crippen molar-refractivity contribution in [3.05, 3.63) is 52.3 Å². The normalized spacial score (nSPS) is 17.9. The number of nitrogens with zero attached hydrogens (tertiary/aromatic N) is 3. The summed E-state index contributed by atoms with van der Waals surface area (Å²) in [4.78, 5) is 26.6. The minimum absolute atomic E-state index is 0.00144. The molecule has 2 unspecified atom stereocenters. The van der Waals surface area contributed by atoms with Gasteiger partial charge in [-0.2, -0.15) is 10.5 Å². The molecule has 0 radical (unpaired) electrons. The van der Waals surface area contributed by atoms with Crippen molar-refractivity contribution in [2.24, 2.45) is 5.73 Å². The number of carbonyl (C=O) groups excluding carboxylic acids is 1. The third-order valence-electron chi connectivity index (χ3n) is 4.97. The number of pyridine rings is 1. The molecule has 1 aromatic heterocycles. The monoisotopic (exact) mass is 505 g/mol. The van der Waals surface area contributed by atoms with Gasteiger partial charge in [0.1, 0.15) is 33.8 Å². The predicted octanol–water partition coefficient (Wildman–Crippen LogP) is 2.70. The highest BCUT2D eigenvalue weighted by atomic mass is 32.2. The first-order chi connectivity index (χ1) is 16.2. The average Bonchev–Trinajstić information content (AvgIpc) is 3.29. The molecule has 0 saturated carbocycles. The highest BCUT2D eigenvalue weighted by molar-refractivity contribution is 8.00. The zero-order valence-electron chi connectivity index (χ0n) is 18.0. The summed E-state index contributed by atoms with van der Waals surface area (Å²) in [5, 5.41) is 21.3. The van der Waals surface area contributed by atoms with E-state index in [0.29, 0.717) is 25.1 Å². The minimum atomic E-state index is -4.67. The molecule has 13 heteroatoms. The smallest absolute Gasteiger partial charge is 0.384 e. The van der Waals surface area contributed by atoms with Gasteiger partial charge in [0.2, 0.25) is 11.8 Å². The molecule has 1 aromatic carbocycles. The van der Waals surface area contributed by atoms with Crippen LogP contribution in [-0.4, -0.2) is 35.0 Å². The number of thioether (sulfide) groups is 1. The maximum absolute atomic E-state index is 13.3. The molecule has 0 bridgehead atoms. The number of hydrogen-bond donors (Lipinski definition) is 3. The number of phosphoric ester groups is 1. The summed E-state index contributed by atoms with van der Waals surface area (Å²) in [5.41, 5.74) is 5.94. The van der Waals surface area contributed by atoms with Gasteiger partial charge in [0.05, 0.1) is 11.7 Å². The number of aromatic nitrogens is 1. The average molecular weight is 505 g/mol. The van der Waals surface area contributed by atoms with Crippen molar-refractivity contribution >= 4 is 25.5 Å². The molecule has 10 nitrogen and oxygen atoms in total. The SMILES string of the molecule is CCc1c(C#N)c(OP(=O)(O)OC2CCNC2)nc(S[C@@H](C(N)=O)c2ccc(F)cc2)c1C#N. The number of rotatable bonds is 9. The molecule has 3 rings (SSSR count). The number of halogens is 1. The molecule has 1 saturated heterocycles. The molecule has 2 aromatic rings. The van der Waals surface area contributed by atoms with Crippen molar-refractivity contribution < 1.29 is 27.7 Å². The predicted molar refractivity (Wildman–Crippen MR) is 120 cm³/mol. The molecular weight excluding hydrogens is 484 g/mol. The topological polar surface area (TPSA) is 171 Å². The highest BCUT2D eigenvalue weighted by Gasteiger charge is 2.33. The number of nitrogens with one attached hydrogen (secondary N) is 1. The third kappa shape index (κ3) is 5.92. The van der Waals surface area contributed by atoms with Gasteiger partial charge < -0.3 is 15.6 Å². The second-order valence-corrected chi connectivity index (χ2v) is 9.68. The molecule has 1 fully saturated rings. The standard InChI is InChI=1S/C21H21FN5O5PS/c1-2-15-16(9-23)20(32-33(29,30)31-14-7-8-26-11-14)27-21(17(15)10-24)34-18(19(25)28)12-3-5-13(22)6-4-12/h3-6,14,18,26H,2,7-8,11H2,1H3,(H2,25,28)(H,29,30)/t14?,18-/m1/s1. The van der Waals surface area contributed by atoms with Gasteiger partial charge in [0, 0.05) is 6.54 Å². The second kappa shape index (κ2) is 11.0. The van der Waals surface area contributed by atoms with Gasteiger partial charge >= 0.3 is 7.82 Å². The summed E-state index contributed by atoms with van der Waals surface area (Å²) in [6.45, 7) is 2.65. The van der Waals surface area contributed by atoms with Gasteiger partial charge in [-0.15, -0.1) is 0 Å². The molecular formula is C21H21FN5O5PS. The van der Waals surface area contributed by atoms with Crippen molar-refractivity contribution in [1.29, 1.82) is 10.5 Å². The van der Waals surface area contributed by atoms with E-state index in [9.17, 15) is 29.2 Å². The Kier molecular flexibility index (Phi) is 8.26. The van der Waals surface area contributed by atoms with Gasteiger partial charge in [-0.3, -0.25) is 14.2 Å². The van der Waals surface area contributed by atoms with E-state index in [4.69, 9.17) is 14.8 Å². The number of primary amides is 1. The lowest BCUT2D eigenvalue weighted by Gasteiger charge is -2.20. The van der Waals surface area contributed by atoms with Crippen LogP contribution in [0.5, 0.6) is 5.88 Å². The van der Waals surface area contributed by atoms with Gasteiger partial charge in [0.15, 0.2) is 0 Å². The Morgan fingerprint density at radius 1 is 1.38 bits per heavy atom. The Labute approximate surface area is 199 Å². The number of phosphoric acid groups is 1. The van der Waals surface area contributed by atoms with E-state index < -0.39 is 36.8 Å². The fourth-order valence-corrected chi connectivity index (χ4v) is 5.40. The number of carbonyl (C=O) groups is 1. The van der Waals surface area contributed by atoms with Gasteiger partial charge in [0.25, 0.3) is 0 Å². The molecule has 0 aliphatic carbocycles. The quantitative estimate of drug-likeness (QED) is 0.340. The van der Waals surface area contributed by atoms with Crippen molar-refractivity contribution in [2.45, 2.75) is 36.1 Å². The largest absolute Gasteiger partial charge is 0.529 e. The van der Waals surface area contributed by atoms with E-state index in [-0.39, 0.29) is 28.1 Å². The van der Waals surface area contributed by atoms with Crippen molar-refractivity contribution in [2.75, 3.05) is 13.1 Å². The van der Waals surface area contributed by atoms with E-state index in [1.165, 1.54) is 12.1 Å². The molecule has 1 aliphatic rings. The summed E-state index contributed by atoms with van der Waals surface area (Å²) in [7, 11) is -4.67. The molecule has 3 atom stereocenters. The molecule has 178 valence electrons. The maximum Gasteiger partial charge on any atom is 0.529 e. The minimum Gasteiger partial charge on any atom is -0.384 e. The Bertz CT molecular complexity index is 1210. The van der Waals surface area contributed by atoms with Crippen LogP contribution in [0.2, 0.25) is 0 Å². The van der Waals surface area contributed by atoms with Crippen molar-refractivity contribution in [3.8, 4) is 18.0 Å². The van der Waals surface area contributed by atoms with Gasteiger partial charge in [-0.1, -0.05) is 30.8 Å². The van der Waals surface area contributed by atoms with Crippen molar-refractivity contribution in [3.63, 3.8) is 0 Å². The van der Waals surface area contributed by atoms with E-state index in [0.717, 1.165) is 23.9 Å². The first-order valence-electron chi connectivity index (χ1n) is 10.2. The van der Waals surface area contributed by atoms with Crippen LogP contribution in [0, 0.1) is 28.5 Å². The summed E-state index contributed by atoms with van der Waals surface area (Å²) >= 11 is 0.787. The Morgan fingerprint density at radius 3 is 2.59 bits per heavy atom. The fraction of sp³-hybridized carbons (Fsp3) is 0.333. The summed E-state index contributed by atoms with van der Waals surface area (Å²) in [6, 6.07) is 8.90. The molecule has 34 heavy (non-hydrogen) atoms. The van der Waals surface area contributed by atoms with Crippen LogP contribution in [-0.2, 0) is 20.3 Å². The molecule has 4 N–H and O–H groups in total. The van der Waals surface area contributed by atoms with E-state index in [2.05, 4.69) is 10.3 Å². The number of hydrogen-bond acceptors (Lipinski definition) is 9. The molecule has 1 amide bonds. The van der Waals surface area contributed by atoms with Crippen LogP contribution in [0.1, 0.15) is 40.8 Å². The van der Waals surface area contributed by atoms with Crippen LogP contribution >= 0.6 is 19.6 Å². The van der Waals surface area contributed by atoms with Crippen LogP contribution in [0.15, 0.2) is 29.3 Å². The number of nitrogens with two attached hydrogens (primary N) is 1. The Balaban J connectivity index is 2.05. The van der Waals surface area contributed by atoms with Gasteiger partial charge in [-0.25, -0.2) is 13.9 Å².